The second kappa shape index (κ2) is 14.7. The van der Waals surface area contributed by atoms with Gasteiger partial charge < -0.3 is 25.2 Å². The summed E-state index contributed by atoms with van der Waals surface area (Å²) in [5.74, 6) is -1.31. The molecule has 0 bridgehead atoms. The van der Waals surface area contributed by atoms with Crippen LogP contribution >= 0.6 is 0 Å². The summed E-state index contributed by atoms with van der Waals surface area (Å²) in [5.41, 5.74) is 0. The Bertz CT molecular complexity index is 520. The summed E-state index contributed by atoms with van der Waals surface area (Å²) in [6, 6.07) is 0. The smallest absolute Gasteiger partial charge is 0.210 e. The summed E-state index contributed by atoms with van der Waals surface area (Å²) >= 11 is 0. The summed E-state index contributed by atoms with van der Waals surface area (Å²) in [6.07, 6.45) is 13.2. The summed E-state index contributed by atoms with van der Waals surface area (Å²) < 4.78 is 5.50. The number of ether oxygens (including phenoxy) is 1. The molecule has 3 unspecified atom stereocenters. The molecule has 5 atom stereocenters. The van der Waals surface area contributed by atoms with Gasteiger partial charge in [-0.15, -0.1) is 0 Å². The van der Waals surface area contributed by atoms with E-state index in [0.717, 1.165) is 51.4 Å². The largest absolute Gasteiger partial charge is 0.470 e. The number of ketones is 1. The van der Waals surface area contributed by atoms with Crippen LogP contribution in [-0.4, -0.2) is 51.3 Å². The van der Waals surface area contributed by atoms with Crippen molar-refractivity contribution in [1.82, 2.24) is 0 Å². The van der Waals surface area contributed by atoms with Gasteiger partial charge in [-0.3, -0.25) is 4.79 Å². The topological polar surface area (TPSA) is 107 Å². The molecule has 1 aliphatic carbocycles. The minimum Gasteiger partial charge on any atom is -0.470 e. The van der Waals surface area contributed by atoms with E-state index in [9.17, 15) is 20.1 Å². The molecule has 6 heteroatoms. The molecule has 1 aliphatic rings. The maximum atomic E-state index is 11.2. The maximum Gasteiger partial charge on any atom is 0.210 e. The predicted molar refractivity (Wildman–Crippen MR) is 117 cm³/mol. The molecule has 1 fully saturated rings. The van der Waals surface area contributed by atoms with Crippen molar-refractivity contribution >= 4 is 5.78 Å². The number of aliphatic hydroxyl groups is 4. The molecular weight excluding hydrogens is 384 g/mol. The molecule has 1 saturated carbocycles. The minimum atomic E-state index is -1.21. The van der Waals surface area contributed by atoms with Crippen LogP contribution in [0.5, 0.6) is 0 Å². The van der Waals surface area contributed by atoms with Crippen LogP contribution in [-0.2, 0) is 9.53 Å². The molecule has 30 heavy (non-hydrogen) atoms. The lowest BCUT2D eigenvalue weighted by Crippen LogP contribution is -2.36. The van der Waals surface area contributed by atoms with E-state index in [1.165, 1.54) is 6.26 Å². The number of rotatable bonds is 17. The van der Waals surface area contributed by atoms with Gasteiger partial charge in [-0.25, -0.2) is 0 Å². The van der Waals surface area contributed by atoms with Crippen LogP contribution in [0.2, 0.25) is 0 Å². The molecule has 174 valence electrons. The molecule has 0 heterocycles. The molecule has 0 spiro atoms. The Hall–Kier alpha value is -1.21. The first-order chi connectivity index (χ1) is 14.4. The highest BCUT2D eigenvalue weighted by Crippen LogP contribution is 2.45. The highest BCUT2D eigenvalue weighted by atomic mass is 16.6. The van der Waals surface area contributed by atoms with Crippen LogP contribution in [0.3, 0.4) is 0 Å². The molecular formula is C24H42O6. The van der Waals surface area contributed by atoms with Crippen LogP contribution in [0.1, 0.15) is 77.6 Å². The monoisotopic (exact) mass is 426 g/mol. The second-order valence-electron chi connectivity index (χ2n) is 8.55. The third kappa shape index (κ3) is 8.88. The van der Waals surface area contributed by atoms with Crippen LogP contribution in [0.15, 0.2) is 25.0 Å². The van der Waals surface area contributed by atoms with E-state index < -0.39 is 11.9 Å². The standard InChI is InChI=1S/C24H42O6/c1-3-10-20(17-25)23(28)14-9-11-19-15-16-24(29,30-4-2)22(19)13-8-6-5-7-12-21(27)18-26/h4,9,11,19-20,22-23,25-26,28-29H,2-3,5-8,10,12-18H2,1H3/t19-,20?,22+,23?,24?/m0/s1. The van der Waals surface area contributed by atoms with Crippen LogP contribution in [0.4, 0.5) is 0 Å². The number of hydrogen-bond donors (Lipinski definition) is 4. The fourth-order valence-electron chi connectivity index (χ4n) is 4.54. The normalized spacial score (nSPS) is 26.0. The van der Waals surface area contributed by atoms with E-state index in [1.807, 2.05) is 13.0 Å². The first-order valence-electron chi connectivity index (χ1n) is 11.5. The van der Waals surface area contributed by atoms with Gasteiger partial charge >= 0.3 is 0 Å². The number of allylic oxidation sites excluding steroid dienone is 1. The van der Waals surface area contributed by atoms with Crippen LogP contribution in [0, 0.1) is 17.8 Å². The van der Waals surface area contributed by atoms with Crippen molar-refractivity contribution in [3.8, 4) is 0 Å². The van der Waals surface area contributed by atoms with Gasteiger partial charge in [-0.05, 0) is 38.0 Å². The van der Waals surface area contributed by atoms with Gasteiger partial charge in [0, 0.05) is 31.3 Å². The summed E-state index contributed by atoms with van der Waals surface area (Å²) in [7, 11) is 0. The Balaban J connectivity index is 2.57. The van der Waals surface area contributed by atoms with E-state index >= 15 is 0 Å². The lowest BCUT2D eigenvalue weighted by Gasteiger charge is -2.31. The number of Topliss-reactive ketones (excluding diaryl/α,β-unsaturated/α-hetero) is 1. The number of aliphatic hydroxyl groups excluding tert-OH is 3. The molecule has 0 amide bonds. The zero-order valence-electron chi connectivity index (χ0n) is 18.5. The van der Waals surface area contributed by atoms with E-state index in [1.54, 1.807) is 0 Å². The van der Waals surface area contributed by atoms with E-state index in [-0.39, 0.29) is 36.8 Å². The first kappa shape index (κ1) is 26.8. The Morgan fingerprint density at radius 2 is 2.00 bits per heavy atom. The fourth-order valence-corrected chi connectivity index (χ4v) is 4.54. The van der Waals surface area contributed by atoms with Crippen molar-refractivity contribution in [2.24, 2.45) is 17.8 Å². The third-order valence-corrected chi connectivity index (χ3v) is 6.32. The SMILES string of the molecule is C=COC1(O)CC[C@H](C=CCC(O)C(CO)CCC)[C@H]1CCCCCCC(=O)CO. The van der Waals surface area contributed by atoms with E-state index in [2.05, 4.69) is 12.7 Å². The van der Waals surface area contributed by atoms with Crippen molar-refractivity contribution in [1.29, 1.82) is 0 Å². The van der Waals surface area contributed by atoms with Gasteiger partial charge in [0.05, 0.1) is 12.4 Å². The lowest BCUT2D eigenvalue weighted by molar-refractivity contribution is -0.195. The van der Waals surface area contributed by atoms with Gasteiger partial charge in [0.2, 0.25) is 5.79 Å². The second-order valence-corrected chi connectivity index (χ2v) is 8.55. The van der Waals surface area contributed by atoms with Gasteiger partial charge in [0.15, 0.2) is 5.78 Å². The van der Waals surface area contributed by atoms with Crippen LogP contribution < -0.4 is 0 Å². The molecule has 0 aromatic rings. The Morgan fingerprint density at radius 3 is 2.63 bits per heavy atom. The number of carbonyl (C=O) groups is 1. The summed E-state index contributed by atoms with van der Waals surface area (Å²) in [6.45, 7) is 5.25. The van der Waals surface area contributed by atoms with Crippen molar-refractivity contribution in [3.05, 3.63) is 25.0 Å². The highest BCUT2D eigenvalue weighted by Gasteiger charge is 2.47. The summed E-state index contributed by atoms with van der Waals surface area (Å²) in [5, 5.41) is 39.5. The fraction of sp³-hybridized carbons (Fsp3) is 0.792. The van der Waals surface area contributed by atoms with Gasteiger partial charge in [0.1, 0.15) is 6.61 Å². The molecule has 0 aliphatic heterocycles. The summed E-state index contributed by atoms with van der Waals surface area (Å²) in [4.78, 5) is 11.2. The molecule has 6 nitrogen and oxygen atoms in total. The molecule has 4 N–H and O–H groups in total. The number of carbonyl (C=O) groups excluding carboxylic acids is 1. The van der Waals surface area contributed by atoms with Gasteiger partial charge in [0.25, 0.3) is 0 Å². The molecule has 1 rings (SSSR count). The average molecular weight is 427 g/mol. The van der Waals surface area contributed by atoms with Crippen molar-refractivity contribution in [2.45, 2.75) is 89.4 Å². The predicted octanol–water partition coefficient (Wildman–Crippen LogP) is 3.48. The van der Waals surface area contributed by atoms with Gasteiger partial charge in [-0.1, -0.05) is 51.3 Å². The Kier molecular flexibility index (Phi) is 13.2. The molecule has 0 aromatic heterocycles. The van der Waals surface area contributed by atoms with E-state index in [0.29, 0.717) is 19.3 Å². The van der Waals surface area contributed by atoms with Crippen molar-refractivity contribution < 1.29 is 30.0 Å². The maximum absolute atomic E-state index is 11.2. The lowest BCUT2D eigenvalue weighted by atomic mass is 9.86. The van der Waals surface area contributed by atoms with Gasteiger partial charge in [-0.2, -0.15) is 0 Å². The quantitative estimate of drug-likeness (QED) is 0.123. The first-order valence-corrected chi connectivity index (χ1v) is 11.5. The number of unbranched alkanes of at least 4 members (excludes halogenated alkanes) is 3. The van der Waals surface area contributed by atoms with Crippen LogP contribution in [0.25, 0.3) is 0 Å². The highest BCUT2D eigenvalue weighted by molar-refractivity contribution is 5.79. The molecule has 0 radical (unpaired) electrons. The zero-order valence-corrected chi connectivity index (χ0v) is 18.5. The van der Waals surface area contributed by atoms with Crippen molar-refractivity contribution in [2.75, 3.05) is 13.2 Å². The molecule has 0 aromatic carbocycles. The average Bonchev–Trinajstić information content (AvgIpc) is 3.04. The van der Waals surface area contributed by atoms with E-state index in [4.69, 9.17) is 9.84 Å². The Morgan fingerprint density at radius 1 is 1.27 bits per heavy atom. The third-order valence-electron chi connectivity index (χ3n) is 6.32. The Labute approximate surface area is 181 Å². The minimum absolute atomic E-state index is 0.00821. The molecule has 0 saturated heterocycles. The number of hydrogen-bond acceptors (Lipinski definition) is 6. The van der Waals surface area contributed by atoms with Crippen molar-refractivity contribution in [3.63, 3.8) is 0 Å². The zero-order chi connectivity index (χ0) is 22.4.